The van der Waals surface area contributed by atoms with Crippen LogP contribution in [0.4, 0.5) is 0 Å². The second-order valence-corrected chi connectivity index (χ2v) is 7.48. The van der Waals surface area contributed by atoms with Crippen LogP contribution in [0, 0.1) is 11.8 Å². The van der Waals surface area contributed by atoms with Crippen LogP contribution in [-0.4, -0.2) is 76.6 Å². The number of β-amino-alcohol motifs (C(OH)–C–C–N with tert-alkyl or cyclic N) is 1. The number of hydrogen-bond acceptors (Lipinski definition) is 7. The topological polar surface area (TPSA) is 145 Å². The lowest BCUT2D eigenvalue weighted by Gasteiger charge is -2.40. The van der Waals surface area contributed by atoms with Gasteiger partial charge in [-0.3, -0.25) is 4.79 Å². The first-order valence-corrected chi connectivity index (χ1v) is 9.05. The Morgan fingerprint density at radius 2 is 1.85 bits per heavy atom. The van der Waals surface area contributed by atoms with Gasteiger partial charge < -0.3 is 25.2 Å². The zero-order valence-corrected chi connectivity index (χ0v) is 14.6. The number of ether oxygens (including phenoxy) is 1. The fourth-order valence-corrected chi connectivity index (χ4v) is 4.16. The summed E-state index contributed by atoms with van der Waals surface area (Å²) in [5.41, 5.74) is 0. The molecule has 1 fully saturated rings. The van der Waals surface area contributed by atoms with Gasteiger partial charge in [-0.15, -0.1) is 5.92 Å². The Morgan fingerprint density at radius 3 is 2.38 bits per heavy atom. The molecule has 0 saturated carbocycles. The molecule has 1 aromatic rings. The molecule has 1 aliphatic heterocycles. The van der Waals surface area contributed by atoms with Gasteiger partial charge >= 0.3 is 5.97 Å². The number of aliphatic hydroxyl groups excluding tert-OH is 3. The maximum absolute atomic E-state index is 12.8. The molecule has 9 nitrogen and oxygen atoms in total. The number of aliphatic hydroxyl groups is 3. The first kappa shape index (κ1) is 20.2. The monoisotopic (exact) mass is 385 g/mol. The zero-order chi connectivity index (χ0) is 19.5. The first-order chi connectivity index (χ1) is 12.2. The van der Waals surface area contributed by atoms with E-state index in [0.717, 1.165) is 0 Å². The molecule has 26 heavy (non-hydrogen) atoms. The van der Waals surface area contributed by atoms with E-state index in [1.807, 2.05) is 0 Å². The first-order valence-electron chi connectivity index (χ1n) is 7.61. The van der Waals surface area contributed by atoms with E-state index < -0.39 is 46.9 Å². The van der Waals surface area contributed by atoms with Crippen molar-refractivity contribution in [1.82, 2.24) is 4.31 Å². The van der Waals surface area contributed by atoms with E-state index >= 15 is 0 Å². The Hall–Kier alpha value is -2.16. The van der Waals surface area contributed by atoms with Crippen LogP contribution in [0.25, 0.3) is 0 Å². The highest BCUT2D eigenvalue weighted by molar-refractivity contribution is 7.89. The standard InChI is InChI=1S/C16H19NO8S/c1-2-3-8-25-10-4-6-11(7-5-10)26(23,24)17-9-12(18)14(19)15(20)13(17)16(21)22/h4-7,12-15,18-20H,8-9H2,1H3,(H,21,22). The van der Waals surface area contributed by atoms with E-state index in [1.54, 1.807) is 6.92 Å². The van der Waals surface area contributed by atoms with Crippen molar-refractivity contribution in [1.29, 1.82) is 0 Å². The summed E-state index contributed by atoms with van der Waals surface area (Å²) in [6.45, 7) is 1.12. The van der Waals surface area contributed by atoms with E-state index in [2.05, 4.69) is 11.8 Å². The number of carbonyl (C=O) groups is 1. The van der Waals surface area contributed by atoms with Gasteiger partial charge in [-0.2, -0.15) is 4.31 Å². The molecule has 1 saturated heterocycles. The molecule has 1 heterocycles. The van der Waals surface area contributed by atoms with E-state index in [-0.39, 0.29) is 11.5 Å². The third kappa shape index (κ3) is 3.98. The molecular formula is C16H19NO8S. The molecule has 1 aromatic carbocycles. The number of aliphatic carboxylic acids is 1. The third-order valence-corrected chi connectivity index (χ3v) is 5.78. The summed E-state index contributed by atoms with van der Waals surface area (Å²) in [6.07, 6.45) is -5.36. The van der Waals surface area contributed by atoms with Crippen molar-refractivity contribution in [2.24, 2.45) is 0 Å². The number of benzene rings is 1. The molecule has 1 aliphatic rings. The molecule has 10 heteroatoms. The number of nitrogens with zero attached hydrogens (tertiary/aromatic N) is 1. The summed E-state index contributed by atoms with van der Waals surface area (Å²) in [6, 6.07) is 3.27. The minimum absolute atomic E-state index is 0.131. The van der Waals surface area contributed by atoms with Gasteiger partial charge in [-0.25, -0.2) is 8.42 Å². The molecule has 0 radical (unpaired) electrons. The maximum atomic E-state index is 12.8. The Bertz CT molecular complexity index is 811. The smallest absolute Gasteiger partial charge is 0.324 e. The Kier molecular flexibility index (Phi) is 6.22. The lowest BCUT2D eigenvalue weighted by molar-refractivity contribution is -0.161. The number of sulfonamides is 1. The Morgan fingerprint density at radius 1 is 1.23 bits per heavy atom. The van der Waals surface area contributed by atoms with Crippen molar-refractivity contribution in [3.63, 3.8) is 0 Å². The highest BCUT2D eigenvalue weighted by Crippen LogP contribution is 2.27. The van der Waals surface area contributed by atoms with Crippen LogP contribution in [0.3, 0.4) is 0 Å². The third-order valence-electron chi connectivity index (χ3n) is 3.92. The maximum Gasteiger partial charge on any atom is 0.324 e. The van der Waals surface area contributed by atoms with Crippen LogP contribution in [0.1, 0.15) is 6.92 Å². The summed E-state index contributed by atoms with van der Waals surface area (Å²) < 4.78 is 31.3. The van der Waals surface area contributed by atoms with Crippen molar-refractivity contribution in [2.75, 3.05) is 13.2 Å². The molecule has 4 unspecified atom stereocenters. The van der Waals surface area contributed by atoms with E-state index in [1.165, 1.54) is 24.3 Å². The van der Waals surface area contributed by atoms with Crippen LogP contribution in [0.5, 0.6) is 5.75 Å². The minimum atomic E-state index is -4.35. The molecule has 4 atom stereocenters. The SMILES string of the molecule is CC#CCOc1ccc(S(=O)(=O)N2CC(O)C(O)C(O)C2C(=O)O)cc1. The molecule has 2 rings (SSSR count). The molecule has 0 aliphatic carbocycles. The van der Waals surface area contributed by atoms with E-state index in [0.29, 0.717) is 10.1 Å². The van der Waals surface area contributed by atoms with Crippen molar-refractivity contribution in [3.8, 4) is 17.6 Å². The molecule has 0 aromatic heterocycles. The van der Waals surface area contributed by atoms with Crippen LogP contribution in [0.15, 0.2) is 29.2 Å². The summed E-state index contributed by atoms with van der Waals surface area (Å²) in [5, 5.41) is 38.6. The summed E-state index contributed by atoms with van der Waals surface area (Å²) >= 11 is 0. The van der Waals surface area contributed by atoms with Gasteiger partial charge in [0.1, 0.15) is 24.6 Å². The fraction of sp³-hybridized carbons (Fsp3) is 0.438. The molecule has 0 bridgehead atoms. The normalized spacial score (nSPS) is 26.6. The number of carboxylic acid groups (broad SMARTS) is 1. The lowest BCUT2D eigenvalue weighted by atomic mass is 9.96. The lowest BCUT2D eigenvalue weighted by Crippen LogP contribution is -2.65. The fourth-order valence-electron chi connectivity index (χ4n) is 2.54. The van der Waals surface area contributed by atoms with Crippen LogP contribution in [-0.2, 0) is 14.8 Å². The van der Waals surface area contributed by atoms with Crippen LogP contribution >= 0.6 is 0 Å². The van der Waals surface area contributed by atoms with Crippen LogP contribution in [0.2, 0.25) is 0 Å². The highest BCUT2D eigenvalue weighted by atomic mass is 32.2. The second kappa shape index (κ2) is 8.03. The van der Waals surface area contributed by atoms with Gasteiger partial charge in [0.15, 0.2) is 6.04 Å². The predicted octanol–water partition coefficient (Wildman–Crippen LogP) is -1.37. The number of hydrogen-bond donors (Lipinski definition) is 4. The molecule has 4 N–H and O–H groups in total. The van der Waals surface area contributed by atoms with Gasteiger partial charge in [-0.1, -0.05) is 5.92 Å². The quantitative estimate of drug-likeness (QED) is 0.454. The van der Waals surface area contributed by atoms with Gasteiger partial charge in [0.25, 0.3) is 0 Å². The average molecular weight is 385 g/mol. The van der Waals surface area contributed by atoms with E-state index in [4.69, 9.17) is 4.74 Å². The number of piperidine rings is 1. The minimum Gasteiger partial charge on any atom is -0.481 e. The van der Waals surface area contributed by atoms with Crippen LogP contribution < -0.4 is 4.74 Å². The Balaban J connectivity index is 2.31. The van der Waals surface area contributed by atoms with Crippen molar-refractivity contribution >= 4 is 16.0 Å². The molecule has 0 amide bonds. The molecule has 142 valence electrons. The zero-order valence-electron chi connectivity index (χ0n) is 13.8. The summed E-state index contributed by atoms with van der Waals surface area (Å²) in [7, 11) is -4.35. The predicted molar refractivity (Wildman–Crippen MR) is 88.7 cm³/mol. The van der Waals surface area contributed by atoms with Gasteiger partial charge in [0.05, 0.1) is 11.0 Å². The number of carboxylic acids is 1. The summed E-state index contributed by atoms with van der Waals surface area (Å²) in [4.78, 5) is 11.2. The second-order valence-electron chi connectivity index (χ2n) is 5.59. The van der Waals surface area contributed by atoms with E-state index in [9.17, 15) is 33.6 Å². The molecule has 0 spiro atoms. The van der Waals surface area contributed by atoms with Gasteiger partial charge in [0.2, 0.25) is 10.0 Å². The highest BCUT2D eigenvalue weighted by Gasteiger charge is 2.50. The van der Waals surface area contributed by atoms with Crippen molar-refractivity contribution in [2.45, 2.75) is 36.2 Å². The Labute approximate surface area is 150 Å². The largest absolute Gasteiger partial charge is 0.481 e. The molecular weight excluding hydrogens is 366 g/mol. The number of rotatable bonds is 5. The summed E-state index contributed by atoms with van der Waals surface area (Å²) in [5.74, 6) is 4.06. The average Bonchev–Trinajstić information content (AvgIpc) is 2.59. The van der Waals surface area contributed by atoms with Gasteiger partial charge in [-0.05, 0) is 31.2 Å². The van der Waals surface area contributed by atoms with Crippen molar-refractivity contribution in [3.05, 3.63) is 24.3 Å². The van der Waals surface area contributed by atoms with Gasteiger partial charge in [0, 0.05) is 6.54 Å². The van der Waals surface area contributed by atoms with Crippen molar-refractivity contribution < 1.29 is 38.4 Å².